The maximum absolute atomic E-state index is 13.1. The SMILES string of the molecule is O=C(NC(c1ccccc1)c1cnccn1)C1CCN(CCOc2ccc(Br)cc2)CC1. The summed E-state index contributed by atoms with van der Waals surface area (Å²) in [6.07, 6.45) is 6.69. The Bertz CT molecular complexity index is 938. The highest BCUT2D eigenvalue weighted by Gasteiger charge is 2.27. The lowest BCUT2D eigenvalue weighted by Crippen LogP contribution is -2.43. The van der Waals surface area contributed by atoms with Crippen LogP contribution >= 0.6 is 15.9 Å². The van der Waals surface area contributed by atoms with Crippen LogP contribution < -0.4 is 10.1 Å². The van der Waals surface area contributed by atoms with Gasteiger partial charge in [-0.15, -0.1) is 0 Å². The molecule has 1 saturated heterocycles. The van der Waals surface area contributed by atoms with Crippen molar-refractivity contribution in [1.82, 2.24) is 20.2 Å². The van der Waals surface area contributed by atoms with Gasteiger partial charge in [-0.3, -0.25) is 19.7 Å². The van der Waals surface area contributed by atoms with Crippen molar-refractivity contribution in [3.8, 4) is 5.75 Å². The van der Waals surface area contributed by atoms with E-state index >= 15 is 0 Å². The average molecular weight is 495 g/mol. The number of nitrogens with zero attached hydrogens (tertiary/aromatic N) is 3. The summed E-state index contributed by atoms with van der Waals surface area (Å²) in [6, 6.07) is 17.5. The Morgan fingerprint density at radius 1 is 1.09 bits per heavy atom. The van der Waals surface area contributed by atoms with E-state index < -0.39 is 0 Å². The molecule has 1 atom stereocenters. The summed E-state index contributed by atoms with van der Waals surface area (Å²) in [5.74, 6) is 0.954. The van der Waals surface area contributed by atoms with Crippen LogP contribution in [0.2, 0.25) is 0 Å². The zero-order chi connectivity index (χ0) is 22.2. The Kier molecular flexibility index (Phi) is 7.85. The molecule has 0 radical (unpaired) electrons. The molecular weight excluding hydrogens is 468 g/mol. The maximum atomic E-state index is 13.1. The van der Waals surface area contributed by atoms with Gasteiger partial charge in [0.2, 0.25) is 5.91 Å². The lowest BCUT2D eigenvalue weighted by atomic mass is 9.94. The van der Waals surface area contributed by atoms with Crippen LogP contribution in [-0.2, 0) is 4.79 Å². The number of benzene rings is 2. The summed E-state index contributed by atoms with van der Waals surface area (Å²) in [5, 5.41) is 3.21. The average Bonchev–Trinajstić information content (AvgIpc) is 2.85. The molecule has 4 rings (SSSR count). The highest BCUT2D eigenvalue weighted by Crippen LogP contribution is 2.23. The molecule has 1 aromatic heterocycles. The summed E-state index contributed by atoms with van der Waals surface area (Å²) < 4.78 is 6.87. The molecular formula is C25H27BrN4O2. The molecule has 0 bridgehead atoms. The predicted molar refractivity (Wildman–Crippen MR) is 127 cm³/mol. The van der Waals surface area contributed by atoms with Gasteiger partial charge >= 0.3 is 0 Å². The maximum Gasteiger partial charge on any atom is 0.224 e. The summed E-state index contributed by atoms with van der Waals surface area (Å²) in [4.78, 5) is 24.1. The Morgan fingerprint density at radius 3 is 2.53 bits per heavy atom. The molecule has 1 fully saturated rings. The van der Waals surface area contributed by atoms with Gasteiger partial charge in [0, 0.05) is 29.3 Å². The van der Waals surface area contributed by atoms with Gasteiger partial charge in [0.25, 0.3) is 0 Å². The first-order valence-corrected chi connectivity index (χ1v) is 11.7. The second-order valence-corrected chi connectivity index (χ2v) is 8.82. The Morgan fingerprint density at radius 2 is 1.84 bits per heavy atom. The van der Waals surface area contributed by atoms with Crippen molar-refractivity contribution in [2.75, 3.05) is 26.2 Å². The molecule has 0 saturated carbocycles. The highest BCUT2D eigenvalue weighted by molar-refractivity contribution is 9.10. The topological polar surface area (TPSA) is 67.4 Å². The van der Waals surface area contributed by atoms with Crippen LogP contribution in [0.4, 0.5) is 0 Å². The van der Waals surface area contributed by atoms with E-state index in [4.69, 9.17) is 4.74 Å². The highest BCUT2D eigenvalue weighted by atomic mass is 79.9. The van der Waals surface area contributed by atoms with Gasteiger partial charge in [-0.2, -0.15) is 0 Å². The Hall–Kier alpha value is -2.77. The van der Waals surface area contributed by atoms with E-state index in [9.17, 15) is 4.79 Å². The van der Waals surface area contributed by atoms with Gasteiger partial charge in [-0.05, 0) is 55.8 Å². The van der Waals surface area contributed by atoms with Gasteiger partial charge in [0.1, 0.15) is 12.4 Å². The van der Waals surface area contributed by atoms with E-state index in [0.29, 0.717) is 6.61 Å². The first-order valence-electron chi connectivity index (χ1n) is 10.9. The normalized spacial score (nSPS) is 15.8. The van der Waals surface area contributed by atoms with Crippen molar-refractivity contribution in [3.05, 3.63) is 88.9 Å². The van der Waals surface area contributed by atoms with Crippen LogP contribution in [0, 0.1) is 5.92 Å². The van der Waals surface area contributed by atoms with Crippen molar-refractivity contribution >= 4 is 21.8 Å². The summed E-state index contributed by atoms with van der Waals surface area (Å²) in [5.41, 5.74) is 1.75. The largest absolute Gasteiger partial charge is 0.492 e. The third-order valence-corrected chi connectivity index (χ3v) is 6.28. The molecule has 0 aliphatic carbocycles. The van der Waals surface area contributed by atoms with Gasteiger partial charge in [0.15, 0.2) is 0 Å². The Balaban J connectivity index is 1.28. The number of carbonyl (C=O) groups excluding carboxylic acids is 1. The standard InChI is InChI=1S/C25H27BrN4O2/c26-21-6-8-22(9-7-21)32-17-16-30-14-10-20(11-15-30)25(31)29-24(19-4-2-1-3-5-19)23-18-27-12-13-28-23/h1-9,12-13,18,20,24H,10-11,14-17H2,(H,29,31). The van der Waals surface area contributed by atoms with Crippen LogP contribution in [-0.4, -0.2) is 47.0 Å². The van der Waals surface area contributed by atoms with Gasteiger partial charge in [-0.25, -0.2) is 0 Å². The molecule has 1 aliphatic heterocycles. The van der Waals surface area contributed by atoms with Crippen LogP contribution in [0.25, 0.3) is 0 Å². The van der Waals surface area contributed by atoms with Gasteiger partial charge in [-0.1, -0.05) is 46.3 Å². The van der Waals surface area contributed by atoms with Crippen molar-refractivity contribution in [3.63, 3.8) is 0 Å². The van der Waals surface area contributed by atoms with Gasteiger partial charge < -0.3 is 10.1 Å². The lowest BCUT2D eigenvalue weighted by Gasteiger charge is -2.32. The van der Waals surface area contributed by atoms with Crippen molar-refractivity contribution < 1.29 is 9.53 Å². The number of aromatic nitrogens is 2. The molecule has 7 heteroatoms. The van der Waals surface area contributed by atoms with Crippen LogP contribution in [0.5, 0.6) is 5.75 Å². The van der Waals surface area contributed by atoms with Gasteiger partial charge in [0.05, 0.1) is 17.9 Å². The van der Waals surface area contributed by atoms with Crippen LogP contribution in [0.15, 0.2) is 77.7 Å². The molecule has 1 aliphatic rings. The minimum absolute atomic E-state index is 0.00141. The fourth-order valence-electron chi connectivity index (χ4n) is 3.94. The molecule has 1 N–H and O–H groups in total. The number of hydrogen-bond acceptors (Lipinski definition) is 5. The zero-order valence-corrected chi connectivity index (χ0v) is 19.4. The smallest absolute Gasteiger partial charge is 0.224 e. The molecule has 6 nitrogen and oxygen atoms in total. The van der Waals surface area contributed by atoms with E-state index in [1.165, 1.54) is 0 Å². The fraction of sp³-hybridized carbons (Fsp3) is 0.320. The molecule has 0 spiro atoms. The third-order valence-electron chi connectivity index (χ3n) is 5.75. The second kappa shape index (κ2) is 11.2. The number of carbonyl (C=O) groups is 1. The van der Waals surface area contributed by atoms with E-state index in [-0.39, 0.29) is 17.9 Å². The molecule has 1 unspecified atom stereocenters. The zero-order valence-electron chi connectivity index (χ0n) is 17.9. The van der Waals surface area contributed by atoms with E-state index in [1.807, 2.05) is 54.6 Å². The molecule has 1 amide bonds. The Labute approximate surface area is 197 Å². The number of likely N-dealkylation sites (tertiary alicyclic amines) is 1. The summed E-state index contributed by atoms with van der Waals surface area (Å²) in [6.45, 7) is 3.28. The van der Waals surface area contributed by atoms with Crippen molar-refractivity contribution in [2.24, 2.45) is 5.92 Å². The first-order chi connectivity index (χ1) is 15.7. The summed E-state index contributed by atoms with van der Waals surface area (Å²) >= 11 is 3.43. The third kappa shape index (κ3) is 6.14. The number of amides is 1. The quantitative estimate of drug-likeness (QED) is 0.507. The van der Waals surface area contributed by atoms with Crippen LogP contribution in [0.1, 0.15) is 30.1 Å². The molecule has 3 aromatic rings. The first kappa shape index (κ1) is 22.4. The second-order valence-electron chi connectivity index (χ2n) is 7.90. The van der Waals surface area contributed by atoms with E-state index in [2.05, 4.69) is 36.1 Å². The van der Waals surface area contributed by atoms with E-state index in [0.717, 1.165) is 54.0 Å². The number of hydrogen-bond donors (Lipinski definition) is 1. The van der Waals surface area contributed by atoms with Crippen molar-refractivity contribution in [2.45, 2.75) is 18.9 Å². The number of ether oxygens (including phenoxy) is 1. The monoisotopic (exact) mass is 494 g/mol. The fourth-order valence-corrected chi connectivity index (χ4v) is 4.20. The minimum atomic E-state index is -0.297. The lowest BCUT2D eigenvalue weighted by molar-refractivity contribution is -0.127. The number of nitrogens with one attached hydrogen (secondary N) is 1. The molecule has 166 valence electrons. The number of halogens is 1. The number of rotatable bonds is 8. The van der Waals surface area contributed by atoms with Crippen molar-refractivity contribution in [1.29, 1.82) is 0 Å². The molecule has 2 heterocycles. The molecule has 2 aromatic carbocycles. The number of piperidine rings is 1. The minimum Gasteiger partial charge on any atom is -0.492 e. The predicted octanol–water partition coefficient (Wildman–Crippen LogP) is 4.24. The van der Waals surface area contributed by atoms with Crippen LogP contribution in [0.3, 0.4) is 0 Å². The molecule has 32 heavy (non-hydrogen) atoms. The summed E-state index contributed by atoms with van der Waals surface area (Å²) in [7, 11) is 0. The van der Waals surface area contributed by atoms with E-state index in [1.54, 1.807) is 18.6 Å².